The predicted molar refractivity (Wildman–Crippen MR) is 64.6 cm³/mol. The second-order valence-electron chi connectivity index (χ2n) is 3.88. The summed E-state index contributed by atoms with van der Waals surface area (Å²) in [7, 11) is 1.95. The molecule has 1 aromatic rings. The van der Waals surface area contributed by atoms with Gasteiger partial charge in [-0.15, -0.1) is 0 Å². The highest BCUT2D eigenvalue weighted by molar-refractivity contribution is 6.32. The van der Waals surface area contributed by atoms with Gasteiger partial charge in [0.1, 0.15) is 12.4 Å². The van der Waals surface area contributed by atoms with Crippen molar-refractivity contribution < 1.29 is 4.74 Å². The zero-order chi connectivity index (χ0) is 11.3. The molecule has 84 valence electrons. The van der Waals surface area contributed by atoms with E-state index in [0.29, 0.717) is 23.6 Å². The Morgan fingerprint density at radius 3 is 2.53 bits per heavy atom. The number of rotatable bonds is 5. The summed E-state index contributed by atoms with van der Waals surface area (Å²) in [6.45, 7) is 4.96. The number of likely N-dealkylation sites (N-methyl/N-ethyl adjacent to an activating group) is 1. The van der Waals surface area contributed by atoms with Gasteiger partial charge in [-0.2, -0.15) is 0 Å². The number of halogens is 1. The van der Waals surface area contributed by atoms with Crippen molar-refractivity contribution in [3.8, 4) is 5.75 Å². The van der Waals surface area contributed by atoms with Crippen LogP contribution in [0.1, 0.15) is 13.8 Å². The Morgan fingerprint density at radius 1 is 1.33 bits per heavy atom. The highest BCUT2D eigenvalue weighted by Gasteiger charge is 2.12. The van der Waals surface area contributed by atoms with E-state index in [1.165, 1.54) is 0 Å². The van der Waals surface area contributed by atoms with Gasteiger partial charge in [0.2, 0.25) is 0 Å². The first-order chi connectivity index (χ1) is 7.15. The van der Waals surface area contributed by atoms with Crippen molar-refractivity contribution in [2.24, 2.45) is 5.92 Å². The second-order valence-corrected chi connectivity index (χ2v) is 4.29. The molecule has 15 heavy (non-hydrogen) atoms. The molecule has 0 spiro atoms. The highest BCUT2D eigenvalue weighted by Crippen LogP contribution is 2.23. The monoisotopic (exact) mass is 227 g/mol. The summed E-state index contributed by atoms with van der Waals surface area (Å²) >= 11 is 5.99. The fourth-order valence-electron chi connectivity index (χ4n) is 1.35. The van der Waals surface area contributed by atoms with E-state index in [1.807, 2.05) is 31.3 Å². The van der Waals surface area contributed by atoms with Gasteiger partial charge in [-0.3, -0.25) is 0 Å². The molecule has 0 saturated carbocycles. The molecule has 2 nitrogen and oxygen atoms in total. The zero-order valence-electron chi connectivity index (χ0n) is 9.46. The molecule has 0 fully saturated rings. The van der Waals surface area contributed by atoms with E-state index in [4.69, 9.17) is 16.3 Å². The maximum atomic E-state index is 5.99. The Bertz CT molecular complexity index is 301. The molecule has 0 radical (unpaired) electrons. The molecule has 1 N–H and O–H groups in total. The minimum absolute atomic E-state index is 0.348. The van der Waals surface area contributed by atoms with Gasteiger partial charge in [0, 0.05) is 6.04 Å². The molecule has 0 aromatic heterocycles. The summed E-state index contributed by atoms with van der Waals surface area (Å²) in [5.74, 6) is 1.29. The average Bonchev–Trinajstić information content (AvgIpc) is 2.21. The van der Waals surface area contributed by atoms with E-state index >= 15 is 0 Å². The molecule has 0 heterocycles. The first-order valence-corrected chi connectivity index (χ1v) is 5.57. The second kappa shape index (κ2) is 5.99. The van der Waals surface area contributed by atoms with Gasteiger partial charge in [-0.25, -0.2) is 0 Å². The number of hydrogen-bond donors (Lipinski definition) is 1. The third kappa shape index (κ3) is 3.73. The van der Waals surface area contributed by atoms with Crippen LogP contribution < -0.4 is 10.1 Å². The zero-order valence-corrected chi connectivity index (χ0v) is 10.2. The number of ether oxygens (including phenoxy) is 1. The van der Waals surface area contributed by atoms with Gasteiger partial charge in [-0.05, 0) is 25.1 Å². The molecule has 0 aliphatic carbocycles. The third-order valence-electron chi connectivity index (χ3n) is 2.43. The van der Waals surface area contributed by atoms with Gasteiger partial charge < -0.3 is 10.1 Å². The lowest BCUT2D eigenvalue weighted by molar-refractivity contribution is 0.238. The fourth-order valence-corrected chi connectivity index (χ4v) is 1.54. The maximum Gasteiger partial charge on any atom is 0.137 e. The summed E-state index contributed by atoms with van der Waals surface area (Å²) < 4.78 is 5.66. The van der Waals surface area contributed by atoms with Gasteiger partial charge in [0.25, 0.3) is 0 Å². The molecule has 0 saturated heterocycles. The Morgan fingerprint density at radius 2 is 2.00 bits per heavy atom. The van der Waals surface area contributed by atoms with Crippen LogP contribution in [0.15, 0.2) is 24.3 Å². The van der Waals surface area contributed by atoms with Crippen LogP contribution in [0.2, 0.25) is 5.02 Å². The molecule has 0 aliphatic rings. The molecule has 1 unspecified atom stereocenters. The van der Waals surface area contributed by atoms with Crippen LogP contribution in [0.5, 0.6) is 5.75 Å². The minimum atomic E-state index is 0.348. The van der Waals surface area contributed by atoms with Gasteiger partial charge >= 0.3 is 0 Å². The Balaban J connectivity index is 2.53. The summed E-state index contributed by atoms with van der Waals surface area (Å²) in [5.41, 5.74) is 0. The number of para-hydroxylation sites is 1. The van der Waals surface area contributed by atoms with E-state index in [9.17, 15) is 0 Å². The van der Waals surface area contributed by atoms with Crippen LogP contribution in [0, 0.1) is 5.92 Å². The fraction of sp³-hybridized carbons (Fsp3) is 0.500. The summed E-state index contributed by atoms with van der Waals surface area (Å²) in [4.78, 5) is 0. The molecular weight excluding hydrogens is 210 g/mol. The number of nitrogens with one attached hydrogen (secondary N) is 1. The molecule has 0 amide bonds. The lowest BCUT2D eigenvalue weighted by Crippen LogP contribution is -2.36. The molecular formula is C12H18ClNO. The van der Waals surface area contributed by atoms with Crippen molar-refractivity contribution >= 4 is 11.6 Å². The Kier molecular flexibility index (Phi) is 4.92. The van der Waals surface area contributed by atoms with Crippen LogP contribution in [-0.2, 0) is 0 Å². The summed E-state index contributed by atoms with van der Waals surface area (Å²) in [6.07, 6.45) is 0. The molecule has 0 bridgehead atoms. The SMILES string of the molecule is CNC(COc1ccccc1Cl)C(C)C. The van der Waals surface area contributed by atoms with Gasteiger partial charge in [0.15, 0.2) is 0 Å². The lowest BCUT2D eigenvalue weighted by atomic mass is 10.1. The molecule has 1 aromatic carbocycles. The van der Waals surface area contributed by atoms with E-state index in [-0.39, 0.29) is 0 Å². The topological polar surface area (TPSA) is 21.3 Å². The van der Waals surface area contributed by atoms with Crippen LogP contribution >= 0.6 is 11.6 Å². The predicted octanol–water partition coefficient (Wildman–Crippen LogP) is 2.96. The van der Waals surface area contributed by atoms with E-state index in [0.717, 1.165) is 5.75 Å². The van der Waals surface area contributed by atoms with Crippen molar-refractivity contribution in [3.05, 3.63) is 29.3 Å². The quantitative estimate of drug-likeness (QED) is 0.835. The summed E-state index contributed by atoms with van der Waals surface area (Å²) in [6, 6.07) is 7.88. The number of benzene rings is 1. The van der Waals surface area contributed by atoms with Gasteiger partial charge in [0.05, 0.1) is 5.02 Å². The highest BCUT2D eigenvalue weighted by atomic mass is 35.5. The molecule has 1 atom stereocenters. The van der Waals surface area contributed by atoms with Crippen molar-refractivity contribution in [2.45, 2.75) is 19.9 Å². The van der Waals surface area contributed by atoms with Crippen LogP contribution in [0.3, 0.4) is 0 Å². The van der Waals surface area contributed by atoms with Crippen molar-refractivity contribution in [2.75, 3.05) is 13.7 Å². The van der Waals surface area contributed by atoms with Crippen LogP contribution in [-0.4, -0.2) is 19.7 Å². The Hall–Kier alpha value is -0.730. The maximum absolute atomic E-state index is 5.99. The standard InChI is InChI=1S/C12H18ClNO/c1-9(2)11(14-3)8-15-12-7-5-4-6-10(12)13/h4-7,9,11,14H,8H2,1-3H3. The van der Waals surface area contributed by atoms with Crippen LogP contribution in [0.4, 0.5) is 0 Å². The first-order valence-electron chi connectivity index (χ1n) is 5.19. The van der Waals surface area contributed by atoms with Crippen LogP contribution in [0.25, 0.3) is 0 Å². The number of hydrogen-bond acceptors (Lipinski definition) is 2. The normalized spacial score (nSPS) is 12.9. The van der Waals surface area contributed by atoms with E-state index < -0.39 is 0 Å². The largest absolute Gasteiger partial charge is 0.490 e. The Labute approximate surface area is 96.6 Å². The molecule has 3 heteroatoms. The smallest absolute Gasteiger partial charge is 0.137 e. The van der Waals surface area contributed by atoms with E-state index in [2.05, 4.69) is 19.2 Å². The summed E-state index contributed by atoms with van der Waals surface area (Å²) in [5, 5.41) is 3.89. The molecule has 1 rings (SSSR count). The van der Waals surface area contributed by atoms with Crippen molar-refractivity contribution in [3.63, 3.8) is 0 Å². The van der Waals surface area contributed by atoms with Crippen molar-refractivity contribution in [1.29, 1.82) is 0 Å². The minimum Gasteiger partial charge on any atom is -0.490 e. The van der Waals surface area contributed by atoms with Gasteiger partial charge in [-0.1, -0.05) is 37.6 Å². The van der Waals surface area contributed by atoms with Crippen molar-refractivity contribution in [1.82, 2.24) is 5.32 Å². The average molecular weight is 228 g/mol. The first kappa shape index (κ1) is 12.3. The lowest BCUT2D eigenvalue weighted by Gasteiger charge is -2.20. The van der Waals surface area contributed by atoms with E-state index in [1.54, 1.807) is 0 Å². The molecule has 0 aliphatic heterocycles. The third-order valence-corrected chi connectivity index (χ3v) is 2.74.